The van der Waals surface area contributed by atoms with Gasteiger partial charge in [-0.2, -0.15) is 4.98 Å². The Labute approximate surface area is 107 Å². The highest BCUT2D eigenvalue weighted by Crippen LogP contribution is 2.19. The predicted octanol–water partition coefficient (Wildman–Crippen LogP) is 0.463. The lowest BCUT2D eigenvalue weighted by molar-refractivity contribution is 0.0212. The maximum Gasteiger partial charge on any atom is 0.228 e. The van der Waals surface area contributed by atoms with Crippen molar-refractivity contribution in [2.75, 3.05) is 38.3 Å². The summed E-state index contributed by atoms with van der Waals surface area (Å²) in [5.41, 5.74) is 0. The van der Waals surface area contributed by atoms with E-state index in [2.05, 4.69) is 14.9 Å². The highest BCUT2D eigenvalue weighted by Gasteiger charge is 2.22. The topological polar surface area (TPSA) is 67.7 Å². The van der Waals surface area contributed by atoms with Gasteiger partial charge in [0, 0.05) is 25.4 Å². The van der Waals surface area contributed by atoms with Crippen molar-refractivity contribution in [3.05, 3.63) is 12.3 Å². The molecule has 0 aliphatic carbocycles. The molecule has 1 aliphatic rings. The number of hydrogen-bond donors (Lipinski definition) is 1. The van der Waals surface area contributed by atoms with Crippen molar-refractivity contribution in [1.29, 1.82) is 0 Å². The molecule has 1 fully saturated rings. The molecule has 1 atom stereocenters. The molecule has 2 rings (SSSR count). The molecule has 6 nitrogen and oxygen atoms in total. The molecule has 1 N–H and O–H groups in total. The first-order chi connectivity index (χ1) is 8.83. The Morgan fingerprint density at radius 3 is 3.22 bits per heavy atom. The smallest absolute Gasteiger partial charge is 0.228 e. The lowest BCUT2D eigenvalue weighted by atomic mass is 10.1. The maximum absolute atomic E-state index is 8.77. The summed E-state index contributed by atoms with van der Waals surface area (Å²) in [4.78, 5) is 10.7. The zero-order chi connectivity index (χ0) is 12.8. The van der Waals surface area contributed by atoms with Gasteiger partial charge < -0.3 is 19.5 Å². The van der Waals surface area contributed by atoms with Gasteiger partial charge >= 0.3 is 0 Å². The van der Waals surface area contributed by atoms with Crippen LogP contribution in [-0.4, -0.2) is 54.6 Å². The average molecular weight is 253 g/mol. The van der Waals surface area contributed by atoms with Gasteiger partial charge in [-0.05, 0) is 12.8 Å². The second kappa shape index (κ2) is 6.51. The molecule has 1 aromatic heterocycles. The third-order valence-corrected chi connectivity index (χ3v) is 2.93. The monoisotopic (exact) mass is 253 g/mol. The van der Waals surface area contributed by atoms with Crippen LogP contribution < -0.4 is 9.64 Å². The van der Waals surface area contributed by atoms with Gasteiger partial charge in [-0.3, -0.25) is 0 Å². The Kier molecular flexibility index (Phi) is 4.72. The van der Waals surface area contributed by atoms with Gasteiger partial charge in [0.1, 0.15) is 0 Å². The minimum absolute atomic E-state index is 0.0617. The molecule has 0 aromatic carbocycles. The van der Waals surface area contributed by atoms with Crippen LogP contribution in [0.15, 0.2) is 12.3 Å². The second-order valence-corrected chi connectivity index (χ2v) is 4.20. The highest BCUT2D eigenvalue weighted by atomic mass is 16.5. The van der Waals surface area contributed by atoms with E-state index in [1.807, 2.05) is 0 Å². The van der Waals surface area contributed by atoms with Crippen LogP contribution in [0.1, 0.15) is 12.8 Å². The van der Waals surface area contributed by atoms with Crippen LogP contribution in [-0.2, 0) is 4.74 Å². The van der Waals surface area contributed by atoms with E-state index in [-0.39, 0.29) is 12.7 Å². The largest absolute Gasteiger partial charge is 0.481 e. The highest BCUT2D eigenvalue weighted by molar-refractivity contribution is 5.32. The minimum atomic E-state index is 0.0617. The van der Waals surface area contributed by atoms with Crippen LogP contribution in [0.5, 0.6) is 5.88 Å². The minimum Gasteiger partial charge on any atom is -0.481 e. The Morgan fingerprint density at radius 1 is 1.56 bits per heavy atom. The first-order valence-corrected chi connectivity index (χ1v) is 6.18. The molecule has 1 aliphatic heterocycles. The number of aliphatic hydroxyl groups excluding tert-OH is 1. The summed E-state index contributed by atoms with van der Waals surface area (Å²) >= 11 is 0. The van der Waals surface area contributed by atoms with E-state index in [0.717, 1.165) is 25.9 Å². The molecule has 0 bridgehead atoms. The van der Waals surface area contributed by atoms with E-state index in [0.29, 0.717) is 18.4 Å². The standard InChI is InChI=1S/C12H19N3O3/c1-17-11-4-5-13-12(14-11)15-6-2-3-10(9-15)18-8-7-16/h4-5,10,16H,2-3,6-9H2,1H3. The molecule has 0 spiro atoms. The number of aromatic nitrogens is 2. The fourth-order valence-corrected chi connectivity index (χ4v) is 2.07. The molecule has 0 saturated carbocycles. The van der Waals surface area contributed by atoms with Crippen LogP contribution in [0.2, 0.25) is 0 Å². The third-order valence-electron chi connectivity index (χ3n) is 2.93. The summed E-state index contributed by atoms with van der Waals surface area (Å²) in [5.74, 6) is 1.24. The Hall–Kier alpha value is -1.40. The van der Waals surface area contributed by atoms with E-state index >= 15 is 0 Å². The van der Waals surface area contributed by atoms with Crippen LogP contribution in [0, 0.1) is 0 Å². The van der Waals surface area contributed by atoms with Gasteiger partial charge in [0.05, 0.1) is 26.4 Å². The molecule has 0 radical (unpaired) electrons. The number of rotatable bonds is 5. The Morgan fingerprint density at radius 2 is 2.44 bits per heavy atom. The fourth-order valence-electron chi connectivity index (χ4n) is 2.07. The summed E-state index contributed by atoms with van der Waals surface area (Å²) in [5, 5.41) is 8.77. The first kappa shape index (κ1) is 13.0. The molecular formula is C12H19N3O3. The number of anilines is 1. The molecule has 100 valence electrons. The number of ether oxygens (including phenoxy) is 2. The summed E-state index contributed by atoms with van der Waals surface area (Å²) < 4.78 is 10.7. The van der Waals surface area contributed by atoms with Crippen LogP contribution >= 0.6 is 0 Å². The van der Waals surface area contributed by atoms with Crippen molar-refractivity contribution in [2.24, 2.45) is 0 Å². The van der Waals surface area contributed by atoms with Gasteiger partial charge in [0.25, 0.3) is 0 Å². The zero-order valence-electron chi connectivity index (χ0n) is 10.6. The maximum atomic E-state index is 8.77. The van der Waals surface area contributed by atoms with Crippen LogP contribution in [0.4, 0.5) is 5.95 Å². The lowest BCUT2D eigenvalue weighted by Gasteiger charge is -2.32. The van der Waals surface area contributed by atoms with E-state index in [9.17, 15) is 0 Å². The number of nitrogens with zero attached hydrogens (tertiary/aromatic N) is 3. The molecule has 1 unspecified atom stereocenters. The number of aliphatic hydroxyl groups is 1. The summed E-state index contributed by atoms with van der Waals surface area (Å²) in [7, 11) is 1.59. The zero-order valence-corrected chi connectivity index (χ0v) is 10.6. The van der Waals surface area contributed by atoms with Crippen molar-refractivity contribution >= 4 is 5.95 Å². The quantitative estimate of drug-likeness (QED) is 0.822. The van der Waals surface area contributed by atoms with E-state index in [4.69, 9.17) is 14.6 Å². The molecular weight excluding hydrogens is 234 g/mol. The fraction of sp³-hybridized carbons (Fsp3) is 0.667. The van der Waals surface area contributed by atoms with Crippen molar-refractivity contribution < 1.29 is 14.6 Å². The second-order valence-electron chi connectivity index (χ2n) is 4.20. The molecule has 0 amide bonds. The SMILES string of the molecule is COc1ccnc(N2CCCC(OCCO)C2)n1. The molecule has 1 saturated heterocycles. The van der Waals surface area contributed by atoms with E-state index < -0.39 is 0 Å². The van der Waals surface area contributed by atoms with Crippen LogP contribution in [0.25, 0.3) is 0 Å². The summed E-state index contributed by atoms with van der Waals surface area (Å²) in [6.07, 6.45) is 3.89. The van der Waals surface area contributed by atoms with Crippen molar-refractivity contribution in [1.82, 2.24) is 9.97 Å². The van der Waals surface area contributed by atoms with E-state index in [1.165, 1.54) is 0 Å². The lowest BCUT2D eigenvalue weighted by Crippen LogP contribution is -2.41. The summed E-state index contributed by atoms with van der Waals surface area (Å²) in [6.45, 7) is 2.13. The van der Waals surface area contributed by atoms with Crippen molar-refractivity contribution in [2.45, 2.75) is 18.9 Å². The van der Waals surface area contributed by atoms with E-state index in [1.54, 1.807) is 19.4 Å². The predicted molar refractivity (Wildman–Crippen MR) is 66.9 cm³/mol. The number of piperidine rings is 1. The molecule has 1 aromatic rings. The van der Waals surface area contributed by atoms with Gasteiger partial charge in [0.15, 0.2) is 0 Å². The molecule has 6 heteroatoms. The molecule has 18 heavy (non-hydrogen) atoms. The van der Waals surface area contributed by atoms with Crippen molar-refractivity contribution in [3.63, 3.8) is 0 Å². The molecule has 2 heterocycles. The first-order valence-electron chi connectivity index (χ1n) is 6.18. The van der Waals surface area contributed by atoms with Crippen molar-refractivity contribution in [3.8, 4) is 5.88 Å². The number of hydrogen-bond acceptors (Lipinski definition) is 6. The Bertz CT molecular complexity index is 375. The normalized spacial score (nSPS) is 19.9. The van der Waals surface area contributed by atoms with Gasteiger partial charge in [-0.25, -0.2) is 4.98 Å². The average Bonchev–Trinajstić information content (AvgIpc) is 2.45. The summed E-state index contributed by atoms with van der Waals surface area (Å²) in [6, 6.07) is 1.73. The third kappa shape index (κ3) is 3.30. The Balaban J connectivity index is 1.98. The van der Waals surface area contributed by atoms with Crippen LogP contribution in [0.3, 0.4) is 0 Å². The number of methoxy groups -OCH3 is 1. The van der Waals surface area contributed by atoms with Gasteiger partial charge in [0.2, 0.25) is 11.8 Å². The van der Waals surface area contributed by atoms with Gasteiger partial charge in [-0.1, -0.05) is 0 Å². The van der Waals surface area contributed by atoms with Gasteiger partial charge in [-0.15, -0.1) is 0 Å².